The van der Waals surface area contributed by atoms with E-state index in [2.05, 4.69) is 42.5 Å². The highest BCUT2D eigenvalue weighted by molar-refractivity contribution is 5.89. The van der Waals surface area contributed by atoms with Gasteiger partial charge in [0.05, 0.1) is 6.20 Å². The topological polar surface area (TPSA) is 50.2 Å². The molecule has 1 fully saturated rings. The lowest BCUT2D eigenvalue weighted by molar-refractivity contribution is 0.194. The number of piperidine rings is 1. The predicted molar refractivity (Wildman–Crippen MR) is 101 cm³/mol. The number of carbonyl (C=O) groups is 1. The molecule has 0 atom stereocenters. The van der Waals surface area contributed by atoms with Crippen molar-refractivity contribution in [3.63, 3.8) is 0 Å². The molecule has 0 unspecified atom stereocenters. The maximum Gasteiger partial charge on any atom is 0.323 e. The van der Waals surface area contributed by atoms with Gasteiger partial charge < -0.3 is 4.90 Å². The number of benzene rings is 1. The van der Waals surface area contributed by atoms with Gasteiger partial charge in [0.15, 0.2) is 0 Å². The van der Waals surface area contributed by atoms with Crippen LogP contribution in [0.2, 0.25) is 0 Å². The molecule has 5 heteroatoms. The summed E-state index contributed by atoms with van der Waals surface area (Å²) in [7, 11) is 0. The number of urea groups is 1. The summed E-state index contributed by atoms with van der Waals surface area (Å²) >= 11 is 0. The molecule has 25 heavy (non-hydrogen) atoms. The number of anilines is 1. The molecule has 0 saturated carbocycles. The summed E-state index contributed by atoms with van der Waals surface area (Å²) < 4.78 is 1.83. The molecule has 3 rings (SSSR count). The fraction of sp³-hybridized carbons (Fsp3) is 0.500. The van der Waals surface area contributed by atoms with E-state index in [1.165, 1.54) is 16.7 Å². The molecule has 1 N–H and O–H groups in total. The summed E-state index contributed by atoms with van der Waals surface area (Å²) in [5, 5.41) is 7.32. The van der Waals surface area contributed by atoms with Crippen LogP contribution in [0.3, 0.4) is 0 Å². The van der Waals surface area contributed by atoms with Crippen molar-refractivity contribution in [2.75, 3.05) is 18.4 Å². The smallest absolute Gasteiger partial charge is 0.323 e. The highest BCUT2D eigenvalue weighted by Gasteiger charge is 2.25. The van der Waals surface area contributed by atoms with Gasteiger partial charge in [-0.05, 0) is 52.0 Å². The Hall–Kier alpha value is -2.30. The molecule has 2 aromatic rings. The normalized spacial score (nSPS) is 15.4. The second-order valence-electron chi connectivity index (χ2n) is 7.10. The largest absolute Gasteiger partial charge is 0.324 e. The van der Waals surface area contributed by atoms with E-state index in [1.54, 1.807) is 6.20 Å². The zero-order valence-electron chi connectivity index (χ0n) is 15.7. The van der Waals surface area contributed by atoms with E-state index < -0.39 is 0 Å². The van der Waals surface area contributed by atoms with Crippen molar-refractivity contribution in [2.45, 2.75) is 53.0 Å². The first-order chi connectivity index (χ1) is 12.0. The molecule has 0 bridgehead atoms. The van der Waals surface area contributed by atoms with Crippen LogP contribution in [0.4, 0.5) is 10.6 Å². The second kappa shape index (κ2) is 7.30. The van der Waals surface area contributed by atoms with Crippen molar-refractivity contribution in [3.05, 3.63) is 46.6 Å². The van der Waals surface area contributed by atoms with E-state index in [4.69, 9.17) is 0 Å². The highest BCUT2D eigenvalue weighted by atomic mass is 16.2. The van der Waals surface area contributed by atoms with Gasteiger partial charge in [0, 0.05) is 25.2 Å². The molecular formula is C20H28N4O. The van der Waals surface area contributed by atoms with Gasteiger partial charge >= 0.3 is 6.03 Å². The van der Waals surface area contributed by atoms with Crippen LogP contribution in [0, 0.1) is 20.8 Å². The van der Waals surface area contributed by atoms with E-state index in [9.17, 15) is 4.79 Å². The van der Waals surface area contributed by atoms with Gasteiger partial charge in [0.25, 0.3) is 0 Å². The van der Waals surface area contributed by atoms with Crippen molar-refractivity contribution in [1.82, 2.24) is 14.7 Å². The standard InChI is InChI=1S/C20H28N4O/c1-5-24-19(16(4)13-21-24)22-20(25)23-8-6-17(7-9-23)18-11-14(2)10-15(3)12-18/h10-13,17H,5-9H2,1-4H3,(H,22,25). The Labute approximate surface area is 150 Å². The number of nitrogens with zero attached hydrogens (tertiary/aromatic N) is 3. The van der Waals surface area contributed by atoms with Crippen molar-refractivity contribution in [3.8, 4) is 0 Å². The second-order valence-corrected chi connectivity index (χ2v) is 7.10. The van der Waals surface area contributed by atoms with Gasteiger partial charge in [-0.3, -0.25) is 5.32 Å². The average molecular weight is 340 g/mol. The molecule has 0 spiro atoms. The number of hydrogen-bond acceptors (Lipinski definition) is 2. The quantitative estimate of drug-likeness (QED) is 0.908. The lowest BCUT2D eigenvalue weighted by Gasteiger charge is -2.32. The van der Waals surface area contributed by atoms with Crippen LogP contribution in [-0.2, 0) is 6.54 Å². The molecule has 0 radical (unpaired) electrons. The number of carbonyl (C=O) groups excluding carboxylic acids is 1. The number of aryl methyl sites for hydroxylation is 4. The number of rotatable bonds is 3. The Balaban J connectivity index is 1.62. The summed E-state index contributed by atoms with van der Waals surface area (Å²) in [5.41, 5.74) is 5.05. The Morgan fingerprint density at radius 3 is 2.40 bits per heavy atom. The van der Waals surface area contributed by atoms with E-state index in [1.807, 2.05) is 23.4 Å². The Bertz CT molecular complexity index is 737. The molecule has 2 heterocycles. The van der Waals surface area contributed by atoms with Crippen molar-refractivity contribution in [1.29, 1.82) is 0 Å². The molecular weight excluding hydrogens is 312 g/mol. The van der Waals surface area contributed by atoms with Crippen LogP contribution < -0.4 is 5.32 Å². The first-order valence-electron chi connectivity index (χ1n) is 9.14. The fourth-order valence-electron chi connectivity index (χ4n) is 3.72. The van der Waals surface area contributed by atoms with E-state index in [0.29, 0.717) is 5.92 Å². The lowest BCUT2D eigenvalue weighted by atomic mass is 9.88. The zero-order valence-corrected chi connectivity index (χ0v) is 15.7. The molecule has 2 amide bonds. The lowest BCUT2D eigenvalue weighted by Crippen LogP contribution is -2.41. The number of hydrogen-bond donors (Lipinski definition) is 1. The number of nitrogens with one attached hydrogen (secondary N) is 1. The molecule has 1 saturated heterocycles. The van der Waals surface area contributed by atoms with Gasteiger partial charge in [-0.15, -0.1) is 0 Å². The van der Waals surface area contributed by atoms with E-state index in [-0.39, 0.29) is 6.03 Å². The van der Waals surface area contributed by atoms with Crippen LogP contribution in [-0.4, -0.2) is 33.8 Å². The van der Waals surface area contributed by atoms with Gasteiger partial charge in [-0.25, -0.2) is 9.48 Å². The summed E-state index contributed by atoms with van der Waals surface area (Å²) in [6.45, 7) is 10.6. The Morgan fingerprint density at radius 2 is 1.80 bits per heavy atom. The average Bonchev–Trinajstić information content (AvgIpc) is 2.94. The van der Waals surface area contributed by atoms with E-state index in [0.717, 1.165) is 43.9 Å². The van der Waals surface area contributed by atoms with Crippen LogP contribution >= 0.6 is 0 Å². The summed E-state index contributed by atoms with van der Waals surface area (Å²) in [6, 6.07) is 6.77. The molecule has 1 aromatic carbocycles. The number of likely N-dealkylation sites (tertiary alicyclic amines) is 1. The van der Waals surface area contributed by atoms with Gasteiger partial charge in [0.2, 0.25) is 0 Å². The minimum absolute atomic E-state index is 0.0165. The van der Waals surface area contributed by atoms with Crippen LogP contribution in [0.5, 0.6) is 0 Å². The first kappa shape index (κ1) is 17.5. The molecule has 134 valence electrons. The van der Waals surface area contributed by atoms with Gasteiger partial charge in [-0.2, -0.15) is 5.10 Å². The van der Waals surface area contributed by atoms with Crippen molar-refractivity contribution < 1.29 is 4.79 Å². The summed E-state index contributed by atoms with van der Waals surface area (Å²) in [5.74, 6) is 1.36. The highest BCUT2D eigenvalue weighted by Crippen LogP contribution is 2.29. The molecule has 1 aromatic heterocycles. The van der Waals surface area contributed by atoms with Crippen molar-refractivity contribution >= 4 is 11.8 Å². The number of amides is 2. The van der Waals surface area contributed by atoms with Gasteiger partial charge in [-0.1, -0.05) is 29.3 Å². The van der Waals surface area contributed by atoms with Crippen LogP contribution in [0.25, 0.3) is 0 Å². The van der Waals surface area contributed by atoms with Gasteiger partial charge in [0.1, 0.15) is 5.82 Å². The zero-order chi connectivity index (χ0) is 18.0. The van der Waals surface area contributed by atoms with E-state index >= 15 is 0 Å². The predicted octanol–water partition coefficient (Wildman–Crippen LogP) is 4.24. The first-order valence-corrected chi connectivity index (χ1v) is 9.14. The SMILES string of the molecule is CCn1ncc(C)c1NC(=O)N1CCC(c2cc(C)cc(C)c2)CC1. The third-order valence-electron chi connectivity index (χ3n) is 5.04. The molecule has 5 nitrogen and oxygen atoms in total. The summed E-state index contributed by atoms with van der Waals surface area (Å²) in [4.78, 5) is 14.5. The third-order valence-corrected chi connectivity index (χ3v) is 5.04. The fourth-order valence-corrected chi connectivity index (χ4v) is 3.72. The molecule has 1 aliphatic heterocycles. The maximum atomic E-state index is 12.6. The minimum atomic E-state index is -0.0165. The summed E-state index contributed by atoms with van der Waals surface area (Å²) in [6.07, 6.45) is 3.83. The number of aromatic nitrogens is 2. The minimum Gasteiger partial charge on any atom is -0.324 e. The van der Waals surface area contributed by atoms with Crippen LogP contribution in [0.1, 0.15) is 47.9 Å². The maximum absolute atomic E-state index is 12.6. The van der Waals surface area contributed by atoms with Crippen LogP contribution in [0.15, 0.2) is 24.4 Å². The molecule has 1 aliphatic rings. The Kier molecular flexibility index (Phi) is 5.11. The van der Waals surface area contributed by atoms with Crippen molar-refractivity contribution in [2.24, 2.45) is 0 Å². The third kappa shape index (κ3) is 3.86. The monoisotopic (exact) mass is 340 g/mol. The molecule has 0 aliphatic carbocycles. The Morgan fingerprint density at radius 1 is 1.16 bits per heavy atom.